The van der Waals surface area contributed by atoms with Crippen molar-refractivity contribution >= 4 is 11.9 Å². The van der Waals surface area contributed by atoms with Crippen LogP contribution in [0.5, 0.6) is 0 Å². The Bertz CT molecular complexity index is 1300. The summed E-state index contributed by atoms with van der Waals surface area (Å²) in [5.74, 6) is -0.860. The second kappa shape index (κ2) is 8.60. The molecular weight excluding hydrogens is 424 g/mol. The maximum absolute atomic E-state index is 13.1. The average Bonchev–Trinajstić information content (AvgIpc) is 3.31. The summed E-state index contributed by atoms with van der Waals surface area (Å²) in [5, 5.41) is 0. The van der Waals surface area contributed by atoms with Gasteiger partial charge in [-0.2, -0.15) is 0 Å². The van der Waals surface area contributed by atoms with Crippen LogP contribution >= 0.6 is 0 Å². The number of rotatable bonds is 3. The molecule has 0 atom stereocenters. The second-order valence-corrected chi connectivity index (χ2v) is 9.22. The van der Waals surface area contributed by atoms with E-state index in [9.17, 15) is 9.59 Å². The number of hydrogen-bond acceptors (Lipinski definition) is 4. The lowest BCUT2D eigenvalue weighted by Gasteiger charge is -2.13. The molecule has 0 fully saturated rings. The Labute approximate surface area is 201 Å². The van der Waals surface area contributed by atoms with Crippen LogP contribution in [0.15, 0.2) is 36.4 Å². The molecular formula is C30H30O4. The van der Waals surface area contributed by atoms with Crippen LogP contribution in [0, 0.1) is 41.5 Å². The van der Waals surface area contributed by atoms with Crippen molar-refractivity contribution in [1.29, 1.82) is 0 Å². The SMILES string of the molecule is COC(=O)c1cc2c(C)cc(C)cc(C)c-2c1-c1c(C(=O)OC)cc2c(C)cc(C)cc(C)c1-2. The molecule has 4 heteroatoms. The van der Waals surface area contributed by atoms with E-state index in [1.54, 1.807) is 0 Å². The quantitative estimate of drug-likeness (QED) is 0.313. The van der Waals surface area contributed by atoms with Gasteiger partial charge in [-0.05, 0) is 98.2 Å². The van der Waals surface area contributed by atoms with Crippen LogP contribution in [0.4, 0.5) is 0 Å². The van der Waals surface area contributed by atoms with Crippen molar-refractivity contribution in [3.63, 3.8) is 0 Å². The fourth-order valence-electron chi connectivity index (χ4n) is 5.37. The largest absolute Gasteiger partial charge is 0.465 e. The molecule has 0 unspecified atom stereocenters. The molecule has 0 N–H and O–H groups in total. The number of aryl methyl sites for hydroxylation is 6. The number of ether oxygens (including phenoxy) is 2. The molecule has 0 bridgehead atoms. The standard InChI is InChI=1S/C30H30O4/c1-15-9-17(3)21-13-23(29(31)33-7)27(25(21)19(5)11-15)28-24(30(32)34-8)14-22-18(4)10-16(2)12-20(6)26(22)28/h9-14H,1-8H3. The van der Waals surface area contributed by atoms with Crippen molar-refractivity contribution in [2.45, 2.75) is 41.5 Å². The van der Waals surface area contributed by atoms with Crippen molar-refractivity contribution in [1.82, 2.24) is 0 Å². The van der Waals surface area contributed by atoms with Gasteiger partial charge in [-0.1, -0.05) is 35.4 Å². The minimum absolute atomic E-state index is 0.430. The smallest absolute Gasteiger partial charge is 0.338 e. The predicted molar refractivity (Wildman–Crippen MR) is 136 cm³/mol. The zero-order valence-electron chi connectivity index (χ0n) is 21.1. The Hall–Kier alpha value is -3.66. The van der Waals surface area contributed by atoms with Gasteiger partial charge >= 0.3 is 11.9 Å². The number of esters is 2. The summed E-state index contributed by atoms with van der Waals surface area (Å²) in [6, 6.07) is 12.3. The Balaban J connectivity index is 2.29. The van der Waals surface area contributed by atoms with Crippen LogP contribution in [0.3, 0.4) is 0 Å². The zero-order chi connectivity index (χ0) is 24.9. The monoisotopic (exact) mass is 454 g/mol. The van der Waals surface area contributed by atoms with Crippen LogP contribution in [-0.4, -0.2) is 26.2 Å². The van der Waals surface area contributed by atoms with Crippen molar-refractivity contribution in [2.24, 2.45) is 0 Å². The highest BCUT2D eigenvalue weighted by molar-refractivity contribution is 6.15. The average molecular weight is 455 g/mol. The molecule has 34 heavy (non-hydrogen) atoms. The Morgan fingerprint density at radius 1 is 0.500 bits per heavy atom. The van der Waals surface area contributed by atoms with Gasteiger partial charge in [-0.3, -0.25) is 0 Å². The van der Waals surface area contributed by atoms with Crippen LogP contribution in [0.1, 0.15) is 54.1 Å². The first-order valence-electron chi connectivity index (χ1n) is 11.3. The molecule has 0 saturated heterocycles. The number of methoxy groups -OCH3 is 2. The molecule has 4 rings (SSSR count). The summed E-state index contributed by atoms with van der Waals surface area (Å²) in [5.41, 5.74) is 12.6. The molecule has 4 aliphatic rings. The molecule has 0 aromatic heterocycles. The van der Waals surface area contributed by atoms with Gasteiger partial charge in [0.2, 0.25) is 0 Å². The lowest BCUT2D eigenvalue weighted by atomic mass is 9.90. The summed E-state index contributed by atoms with van der Waals surface area (Å²) in [4.78, 5) is 26.2. The van der Waals surface area contributed by atoms with E-state index >= 15 is 0 Å². The molecule has 174 valence electrons. The summed E-state index contributed by atoms with van der Waals surface area (Å²) in [7, 11) is 2.77. The highest BCUT2D eigenvalue weighted by atomic mass is 16.5. The maximum Gasteiger partial charge on any atom is 0.338 e. The number of carbonyl (C=O) groups is 2. The zero-order valence-corrected chi connectivity index (χ0v) is 21.1. The normalized spacial score (nSPS) is 11.2. The van der Waals surface area contributed by atoms with Crippen molar-refractivity contribution in [3.05, 3.63) is 80.9 Å². The van der Waals surface area contributed by atoms with E-state index in [1.807, 2.05) is 39.8 Å². The first-order chi connectivity index (χ1) is 16.1. The third-order valence-electron chi connectivity index (χ3n) is 6.63. The summed E-state index contributed by atoms with van der Waals surface area (Å²) in [6.07, 6.45) is 0. The van der Waals surface area contributed by atoms with Crippen molar-refractivity contribution in [3.8, 4) is 33.4 Å². The van der Waals surface area contributed by atoms with E-state index in [-0.39, 0.29) is 0 Å². The Morgan fingerprint density at radius 3 is 1.15 bits per heavy atom. The van der Waals surface area contributed by atoms with Crippen LogP contribution in [-0.2, 0) is 9.47 Å². The summed E-state index contributed by atoms with van der Waals surface area (Å²) in [6.45, 7) is 12.3. The number of carbonyl (C=O) groups excluding carboxylic acids is 2. The molecule has 0 aromatic carbocycles. The Morgan fingerprint density at radius 2 is 0.824 bits per heavy atom. The molecule has 0 heterocycles. The van der Waals surface area contributed by atoms with Gasteiger partial charge in [0.1, 0.15) is 0 Å². The highest BCUT2D eigenvalue weighted by Gasteiger charge is 2.33. The predicted octanol–water partition coefficient (Wildman–Crippen LogP) is 6.99. The van der Waals surface area contributed by atoms with Gasteiger partial charge in [0.25, 0.3) is 0 Å². The van der Waals surface area contributed by atoms with E-state index in [0.29, 0.717) is 11.1 Å². The minimum Gasteiger partial charge on any atom is -0.465 e. The van der Waals surface area contributed by atoms with Gasteiger partial charge in [0.05, 0.1) is 25.3 Å². The first kappa shape index (κ1) is 23.5. The molecule has 0 amide bonds. The van der Waals surface area contributed by atoms with Gasteiger partial charge in [0.15, 0.2) is 0 Å². The second-order valence-electron chi connectivity index (χ2n) is 9.22. The lowest BCUT2D eigenvalue weighted by molar-refractivity contribution is 0.0590. The Kier molecular flexibility index (Phi) is 5.94. The molecule has 0 radical (unpaired) electrons. The number of hydrogen-bond donors (Lipinski definition) is 0. The van der Waals surface area contributed by atoms with Gasteiger partial charge in [-0.25, -0.2) is 9.59 Å². The maximum atomic E-state index is 13.1. The highest BCUT2D eigenvalue weighted by Crippen LogP contribution is 2.50. The van der Waals surface area contributed by atoms with Gasteiger partial charge in [0, 0.05) is 11.1 Å². The molecule has 4 nitrogen and oxygen atoms in total. The molecule has 0 saturated carbocycles. The first-order valence-corrected chi connectivity index (χ1v) is 11.3. The van der Waals surface area contributed by atoms with Crippen molar-refractivity contribution < 1.29 is 19.1 Å². The fraction of sp³-hybridized carbons (Fsp3) is 0.267. The molecule has 0 spiro atoms. The van der Waals surface area contributed by atoms with E-state index < -0.39 is 11.9 Å². The van der Waals surface area contributed by atoms with Crippen molar-refractivity contribution in [2.75, 3.05) is 14.2 Å². The van der Waals surface area contributed by atoms with Crippen LogP contribution in [0.25, 0.3) is 33.4 Å². The van der Waals surface area contributed by atoms with Crippen LogP contribution < -0.4 is 0 Å². The molecule has 4 aliphatic carbocycles. The summed E-state index contributed by atoms with van der Waals surface area (Å²) >= 11 is 0. The topological polar surface area (TPSA) is 52.6 Å². The van der Waals surface area contributed by atoms with Gasteiger partial charge < -0.3 is 9.47 Å². The van der Waals surface area contributed by atoms with E-state index in [2.05, 4.69) is 38.1 Å². The molecule has 0 aromatic rings. The third-order valence-corrected chi connectivity index (χ3v) is 6.63. The molecule has 0 aliphatic heterocycles. The fourth-order valence-corrected chi connectivity index (χ4v) is 5.37. The van der Waals surface area contributed by atoms with Gasteiger partial charge in [-0.15, -0.1) is 0 Å². The summed E-state index contributed by atoms with van der Waals surface area (Å²) < 4.78 is 10.4. The van der Waals surface area contributed by atoms with E-state index in [1.165, 1.54) is 14.2 Å². The minimum atomic E-state index is -0.430. The lowest BCUT2D eigenvalue weighted by Crippen LogP contribution is -2.05. The third kappa shape index (κ3) is 3.63. The van der Waals surface area contributed by atoms with E-state index in [4.69, 9.17) is 9.47 Å². The van der Waals surface area contributed by atoms with E-state index in [0.717, 1.165) is 66.8 Å². The number of fused-ring (bicyclic) bond motifs is 2. The van der Waals surface area contributed by atoms with Crippen LogP contribution in [0.2, 0.25) is 0 Å².